The van der Waals surface area contributed by atoms with Gasteiger partial charge in [-0.25, -0.2) is 9.59 Å². The molecule has 0 saturated heterocycles. The fourth-order valence-corrected chi connectivity index (χ4v) is 2.00. The van der Waals surface area contributed by atoms with Crippen LogP contribution in [0, 0.1) is 0 Å². The monoisotopic (exact) mass is 330 g/mol. The molecular weight excluding hydrogens is 308 g/mol. The first-order valence-electron chi connectivity index (χ1n) is 7.54. The summed E-state index contributed by atoms with van der Waals surface area (Å²) in [7, 11) is 0. The number of carboxylic acid groups (broad SMARTS) is 1. The van der Waals surface area contributed by atoms with E-state index < -0.39 is 5.97 Å². The maximum Gasteiger partial charge on any atom is 0.340 e. The first-order valence-corrected chi connectivity index (χ1v) is 7.54. The van der Waals surface area contributed by atoms with Gasteiger partial charge >= 0.3 is 11.9 Å². The maximum absolute atomic E-state index is 11.2. The number of aromatic carboxylic acids is 1. The van der Waals surface area contributed by atoms with Gasteiger partial charge in [0.2, 0.25) is 0 Å². The molecule has 0 aliphatic rings. The highest BCUT2D eigenvalue weighted by atomic mass is 16.5. The molecule has 0 aliphatic carbocycles. The molecule has 0 amide bonds. The number of aryl methyl sites for hydroxylation is 1. The summed E-state index contributed by atoms with van der Waals surface area (Å²) in [6.07, 6.45) is 0.757. The molecule has 0 aromatic heterocycles. The Bertz CT molecular complexity index is 714. The Morgan fingerprint density at radius 2 is 1.62 bits per heavy atom. The molecule has 0 radical (unpaired) electrons. The first-order chi connectivity index (χ1) is 11.4. The molecule has 2 aromatic carbocycles. The van der Waals surface area contributed by atoms with Crippen molar-refractivity contribution in [3.63, 3.8) is 0 Å². The minimum atomic E-state index is -0.970. The van der Waals surface area contributed by atoms with Crippen molar-refractivity contribution in [3.8, 4) is 0 Å². The van der Waals surface area contributed by atoms with Crippen LogP contribution in [0.2, 0.25) is 0 Å². The smallest absolute Gasteiger partial charge is 0.340 e. The van der Waals surface area contributed by atoms with Gasteiger partial charge in [0, 0.05) is 11.4 Å². The summed E-state index contributed by atoms with van der Waals surface area (Å²) in [6.45, 7) is 4.07. The van der Waals surface area contributed by atoms with E-state index in [1.165, 1.54) is 6.07 Å². The van der Waals surface area contributed by atoms with E-state index in [2.05, 4.69) is 0 Å². The normalized spacial score (nSPS) is 9.58. The molecule has 2 rings (SSSR count). The molecule has 0 fully saturated rings. The first kappa shape index (κ1) is 19.0. The molecule has 0 atom stereocenters. The molecule has 24 heavy (non-hydrogen) atoms. The molecule has 128 valence electrons. The van der Waals surface area contributed by atoms with E-state index in [1.54, 1.807) is 37.3 Å². The van der Waals surface area contributed by atoms with Crippen LogP contribution in [0.4, 0.5) is 11.4 Å². The van der Waals surface area contributed by atoms with E-state index in [9.17, 15) is 9.59 Å². The average Bonchev–Trinajstić information content (AvgIpc) is 2.56. The Balaban J connectivity index is 0.000000240. The standard InChI is InChI=1S/2C9H11NO2/c1-2-12-9(11)7-5-3-4-6-8(7)10;1-2-6-4-3-5-7(8(6)10)9(11)12/h3-6H,2,10H2,1H3;3-5H,2,10H2,1H3,(H,11,12). The second-order valence-electron chi connectivity index (χ2n) is 4.84. The Hall–Kier alpha value is -3.02. The third-order valence-electron chi connectivity index (χ3n) is 3.26. The van der Waals surface area contributed by atoms with Crippen molar-refractivity contribution in [2.75, 3.05) is 18.1 Å². The second-order valence-corrected chi connectivity index (χ2v) is 4.84. The molecule has 6 nitrogen and oxygen atoms in total. The summed E-state index contributed by atoms with van der Waals surface area (Å²) >= 11 is 0. The van der Waals surface area contributed by atoms with E-state index in [1.807, 2.05) is 13.0 Å². The van der Waals surface area contributed by atoms with Crippen molar-refractivity contribution in [1.29, 1.82) is 0 Å². The number of esters is 1. The van der Waals surface area contributed by atoms with Gasteiger partial charge in [0.25, 0.3) is 0 Å². The predicted octanol–water partition coefficient (Wildman–Crippen LogP) is 2.97. The van der Waals surface area contributed by atoms with Crippen LogP contribution in [0.5, 0.6) is 0 Å². The van der Waals surface area contributed by atoms with Gasteiger partial charge in [0.15, 0.2) is 0 Å². The Morgan fingerprint density at radius 3 is 2.17 bits per heavy atom. The van der Waals surface area contributed by atoms with E-state index in [4.69, 9.17) is 21.3 Å². The highest BCUT2D eigenvalue weighted by molar-refractivity contribution is 5.95. The van der Waals surface area contributed by atoms with Gasteiger partial charge in [-0.05, 0) is 37.1 Å². The number of carboxylic acids is 1. The van der Waals surface area contributed by atoms with Crippen LogP contribution in [-0.2, 0) is 11.2 Å². The minimum absolute atomic E-state index is 0.189. The van der Waals surface area contributed by atoms with Gasteiger partial charge < -0.3 is 21.3 Å². The van der Waals surface area contributed by atoms with Crippen molar-refractivity contribution >= 4 is 23.3 Å². The quantitative estimate of drug-likeness (QED) is 0.586. The van der Waals surface area contributed by atoms with Crippen LogP contribution in [0.1, 0.15) is 40.1 Å². The van der Waals surface area contributed by atoms with Crippen LogP contribution >= 0.6 is 0 Å². The number of nitrogen functional groups attached to an aromatic ring is 2. The number of benzene rings is 2. The lowest BCUT2D eigenvalue weighted by molar-refractivity contribution is 0.0527. The van der Waals surface area contributed by atoms with Crippen LogP contribution in [-0.4, -0.2) is 23.7 Å². The molecule has 0 unspecified atom stereocenters. The zero-order chi connectivity index (χ0) is 18.1. The van der Waals surface area contributed by atoms with Gasteiger partial charge in [-0.2, -0.15) is 0 Å². The molecular formula is C18H22N2O4. The van der Waals surface area contributed by atoms with Crippen LogP contribution in [0.15, 0.2) is 42.5 Å². The van der Waals surface area contributed by atoms with Gasteiger partial charge in [-0.3, -0.25) is 0 Å². The van der Waals surface area contributed by atoms with Crippen LogP contribution < -0.4 is 11.5 Å². The number of hydrogen-bond acceptors (Lipinski definition) is 5. The van der Waals surface area contributed by atoms with Gasteiger partial charge in [0.1, 0.15) is 0 Å². The van der Waals surface area contributed by atoms with E-state index >= 15 is 0 Å². The number of carbonyl (C=O) groups is 2. The SMILES string of the molecule is CCOC(=O)c1ccccc1N.CCc1cccc(C(=O)O)c1N. The number of nitrogens with two attached hydrogens (primary N) is 2. The highest BCUT2D eigenvalue weighted by Crippen LogP contribution is 2.17. The molecule has 0 aliphatic heterocycles. The Morgan fingerprint density at radius 1 is 1.00 bits per heavy atom. The number of para-hydroxylation sites is 2. The molecule has 0 spiro atoms. The summed E-state index contributed by atoms with van der Waals surface area (Å²) < 4.78 is 4.79. The summed E-state index contributed by atoms with van der Waals surface area (Å²) in [5.74, 6) is -1.33. The lowest BCUT2D eigenvalue weighted by Crippen LogP contribution is -2.07. The highest BCUT2D eigenvalue weighted by Gasteiger charge is 2.09. The van der Waals surface area contributed by atoms with Crippen LogP contribution in [0.3, 0.4) is 0 Å². The van der Waals surface area contributed by atoms with Crippen molar-refractivity contribution in [2.45, 2.75) is 20.3 Å². The fraction of sp³-hybridized carbons (Fsp3) is 0.222. The van der Waals surface area contributed by atoms with E-state index in [0.29, 0.717) is 23.5 Å². The van der Waals surface area contributed by atoms with E-state index in [0.717, 1.165) is 12.0 Å². The van der Waals surface area contributed by atoms with Gasteiger partial charge in [0.05, 0.1) is 17.7 Å². The number of hydrogen-bond donors (Lipinski definition) is 3. The third-order valence-corrected chi connectivity index (χ3v) is 3.26. The lowest BCUT2D eigenvalue weighted by atomic mass is 10.1. The average molecular weight is 330 g/mol. The number of anilines is 2. The lowest BCUT2D eigenvalue weighted by Gasteiger charge is -2.04. The van der Waals surface area contributed by atoms with Crippen molar-refractivity contribution in [2.24, 2.45) is 0 Å². The van der Waals surface area contributed by atoms with Crippen molar-refractivity contribution in [3.05, 3.63) is 59.2 Å². The molecule has 5 N–H and O–H groups in total. The predicted molar refractivity (Wildman–Crippen MR) is 94.0 cm³/mol. The molecule has 6 heteroatoms. The number of rotatable bonds is 4. The number of carbonyl (C=O) groups excluding carboxylic acids is 1. The topological polar surface area (TPSA) is 116 Å². The largest absolute Gasteiger partial charge is 0.478 e. The Labute approximate surface area is 141 Å². The number of ether oxygens (including phenoxy) is 1. The van der Waals surface area contributed by atoms with Crippen LogP contribution in [0.25, 0.3) is 0 Å². The molecule has 0 saturated carbocycles. The second kappa shape index (κ2) is 9.19. The third kappa shape index (κ3) is 5.01. The van der Waals surface area contributed by atoms with Gasteiger partial charge in [-0.15, -0.1) is 0 Å². The summed E-state index contributed by atoms with van der Waals surface area (Å²) in [5.41, 5.74) is 13.5. The van der Waals surface area contributed by atoms with E-state index in [-0.39, 0.29) is 11.5 Å². The fourth-order valence-electron chi connectivity index (χ4n) is 2.00. The van der Waals surface area contributed by atoms with Crippen molar-refractivity contribution in [1.82, 2.24) is 0 Å². The summed E-state index contributed by atoms with van der Waals surface area (Å²) in [6, 6.07) is 11.9. The zero-order valence-electron chi connectivity index (χ0n) is 13.8. The minimum Gasteiger partial charge on any atom is -0.478 e. The molecule has 2 aromatic rings. The zero-order valence-corrected chi connectivity index (χ0v) is 13.8. The summed E-state index contributed by atoms with van der Waals surface area (Å²) in [4.78, 5) is 21.8. The molecule has 0 bridgehead atoms. The maximum atomic E-state index is 11.2. The molecule has 0 heterocycles. The Kier molecular flexibility index (Phi) is 7.29. The van der Waals surface area contributed by atoms with Crippen molar-refractivity contribution < 1.29 is 19.4 Å². The summed E-state index contributed by atoms with van der Waals surface area (Å²) in [5, 5.41) is 8.71. The van der Waals surface area contributed by atoms with Gasteiger partial charge in [-0.1, -0.05) is 31.2 Å².